The molecule has 0 bridgehead atoms. The Hall–Kier alpha value is -2.49. The largest absolute Gasteiger partial charge is 0.416 e. The van der Waals surface area contributed by atoms with Crippen molar-refractivity contribution in [3.8, 4) is 11.1 Å². The summed E-state index contributed by atoms with van der Waals surface area (Å²) in [5.74, 6) is 0. The molecule has 0 radical (unpaired) electrons. The maximum atomic E-state index is 13.1. The molecule has 1 N–H and O–H groups in total. The van der Waals surface area contributed by atoms with Gasteiger partial charge in [0.05, 0.1) is 5.56 Å². The Morgan fingerprint density at radius 2 is 1.78 bits per heavy atom. The highest BCUT2D eigenvalue weighted by molar-refractivity contribution is 5.75. The zero-order chi connectivity index (χ0) is 17.2. The normalized spacial score (nSPS) is 11.2. The first-order valence-corrected chi connectivity index (χ1v) is 7.09. The second-order valence-corrected chi connectivity index (χ2v) is 5.30. The lowest BCUT2D eigenvalue weighted by Crippen LogP contribution is -2.07. The van der Waals surface area contributed by atoms with E-state index in [2.05, 4.69) is 18.5 Å². The molecule has 0 saturated carbocycles. The third kappa shape index (κ3) is 3.65. The topological polar surface area (TPSA) is 12.0 Å². The molecule has 4 heteroatoms. The minimum absolute atomic E-state index is 0.209. The van der Waals surface area contributed by atoms with Gasteiger partial charge in [-0.2, -0.15) is 13.2 Å². The number of rotatable bonds is 4. The van der Waals surface area contributed by atoms with Crippen molar-refractivity contribution < 1.29 is 13.2 Å². The summed E-state index contributed by atoms with van der Waals surface area (Å²) in [6.07, 6.45) is -2.71. The smallest absolute Gasteiger partial charge is 0.388 e. The summed E-state index contributed by atoms with van der Waals surface area (Å²) in [5, 5.41) is 2.95. The van der Waals surface area contributed by atoms with Gasteiger partial charge < -0.3 is 5.32 Å². The summed E-state index contributed by atoms with van der Waals surface area (Å²) in [6, 6.07) is 9.88. The first-order valence-electron chi connectivity index (χ1n) is 7.09. The maximum absolute atomic E-state index is 13.1. The van der Waals surface area contributed by atoms with Crippen molar-refractivity contribution in [2.75, 3.05) is 7.05 Å². The first-order chi connectivity index (χ1) is 10.8. The van der Waals surface area contributed by atoms with Crippen LogP contribution in [0.15, 0.2) is 49.6 Å². The van der Waals surface area contributed by atoms with Crippen LogP contribution in [0.3, 0.4) is 0 Å². The fraction of sp³-hybridized carbons (Fsp3) is 0.158. The van der Waals surface area contributed by atoms with Gasteiger partial charge in [-0.3, -0.25) is 0 Å². The van der Waals surface area contributed by atoms with E-state index in [1.165, 1.54) is 19.1 Å². The number of aryl methyl sites for hydroxylation is 1. The van der Waals surface area contributed by atoms with Crippen LogP contribution >= 0.6 is 0 Å². The van der Waals surface area contributed by atoms with E-state index in [0.717, 1.165) is 11.1 Å². The Labute approximate surface area is 134 Å². The zero-order valence-electron chi connectivity index (χ0n) is 13.1. The van der Waals surface area contributed by atoms with Gasteiger partial charge in [0.15, 0.2) is 0 Å². The number of halogens is 3. The fourth-order valence-corrected chi connectivity index (χ4v) is 2.36. The second-order valence-electron chi connectivity index (χ2n) is 5.30. The van der Waals surface area contributed by atoms with Crippen LogP contribution in [0.2, 0.25) is 0 Å². The van der Waals surface area contributed by atoms with Gasteiger partial charge in [0, 0.05) is 12.7 Å². The molecule has 0 aliphatic rings. The van der Waals surface area contributed by atoms with Crippen molar-refractivity contribution in [1.82, 2.24) is 5.32 Å². The predicted molar refractivity (Wildman–Crippen MR) is 89.8 cm³/mol. The van der Waals surface area contributed by atoms with Gasteiger partial charge in [-0.25, -0.2) is 0 Å². The minimum atomic E-state index is -4.37. The first kappa shape index (κ1) is 16.9. The van der Waals surface area contributed by atoms with E-state index in [1.807, 2.05) is 18.2 Å². The third-order valence-electron chi connectivity index (χ3n) is 3.72. The maximum Gasteiger partial charge on any atom is 0.416 e. The second kappa shape index (κ2) is 6.32. The number of alkyl halides is 3. The van der Waals surface area contributed by atoms with Crippen LogP contribution in [0, 0.1) is 6.92 Å². The number of nitrogens with one attached hydrogen (secondary N) is 1. The summed E-state index contributed by atoms with van der Waals surface area (Å²) in [4.78, 5) is 0. The van der Waals surface area contributed by atoms with Crippen molar-refractivity contribution in [2.24, 2.45) is 0 Å². The minimum Gasteiger partial charge on any atom is -0.388 e. The Morgan fingerprint density at radius 3 is 2.35 bits per heavy atom. The molecule has 120 valence electrons. The molecule has 0 spiro atoms. The van der Waals surface area contributed by atoms with Crippen molar-refractivity contribution in [3.63, 3.8) is 0 Å². The van der Waals surface area contributed by atoms with Gasteiger partial charge in [-0.15, -0.1) is 0 Å². The molecular weight excluding hydrogens is 299 g/mol. The number of hydrogen-bond acceptors (Lipinski definition) is 1. The van der Waals surface area contributed by atoms with Crippen molar-refractivity contribution in [3.05, 3.63) is 71.8 Å². The lowest BCUT2D eigenvalue weighted by atomic mass is 9.95. The summed E-state index contributed by atoms with van der Waals surface area (Å²) in [6.45, 7) is 9.09. The highest BCUT2D eigenvalue weighted by Crippen LogP contribution is 2.35. The molecule has 23 heavy (non-hydrogen) atoms. The average Bonchev–Trinajstić information content (AvgIpc) is 2.52. The third-order valence-corrected chi connectivity index (χ3v) is 3.72. The zero-order valence-corrected chi connectivity index (χ0v) is 13.1. The SMILES string of the molecule is C=Cc1cc(C(=C)NC)cc(-c2ccc(C)c(C(F)(F)F)c2)c1. The molecule has 2 aromatic rings. The Morgan fingerprint density at radius 1 is 1.09 bits per heavy atom. The van der Waals surface area contributed by atoms with Gasteiger partial charge >= 0.3 is 6.18 Å². The van der Waals surface area contributed by atoms with Crippen LogP contribution in [0.25, 0.3) is 22.9 Å². The standard InChI is InChI=1S/C19H18F3N/c1-5-14-8-16(13(3)23-4)10-17(9-14)15-7-6-12(2)18(11-15)19(20,21)22/h5-11,23H,1,3H2,2,4H3. The van der Waals surface area contributed by atoms with E-state index in [4.69, 9.17) is 0 Å². The summed E-state index contributed by atoms with van der Waals surface area (Å²) >= 11 is 0. The average molecular weight is 317 g/mol. The van der Waals surface area contributed by atoms with Gasteiger partial charge in [0.25, 0.3) is 0 Å². The quantitative estimate of drug-likeness (QED) is 0.783. The lowest BCUT2D eigenvalue weighted by molar-refractivity contribution is -0.138. The van der Waals surface area contributed by atoms with Crippen molar-refractivity contribution in [2.45, 2.75) is 13.1 Å². The molecule has 0 amide bonds. The van der Waals surface area contributed by atoms with Crippen LogP contribution in [-0.2, 0) is 6.18 Å². The Kier molecular flexibility index (Phi) is 4.64. The molecule has 0 unspecified atom stereocenters. The van der Waals surface area contributed by atoms with Gasteiger partial charge in [0.2, 0.25) is 0 Å². The van der Waals surface area contributed by atoms with E-state index in [9.17, 15) is 13.2 Å². The molecule has 0 aliphatic heterocycles. The molecular formula is C19H18F3N. The van der Waals surface area contributed by atoms with Crippen LogP contribution in [0.1, 0.15) is 22.3 Å². The summed E-state index contributed by atoms with van der Waals surface area (Å²) < 4.78 is 39.3. The Bertz CT molecular complexity index is 758. The van der Waals surface area contributed by atoms with Gasteiger partial charge in [-0.05, 0) is 59.0 Å². The Balaban J connectivity index is 2.62. The summed E-state index contributed by atoms with van der Waals surface area (Å²) in [5.41, 5.74) is 3.13. The molecule has 2 rings (SSSR count). The fourth-order valence-electron chi connectivity index (χ4n) is 2.36. The highest BCUT2D eigenvalue weighted by atomic mass is 19.4. The van der Waals surface area contributed by atoms with Crippen LogP contribution in [0.4, 0.5) is 13.2 Å². The van der Waals surface area contributed by atoms with Gasteiger partial charge in [0.1, 0.15) is 0 Å². The number of benzene rings is 2. The van der Waals surface area contributed by atoms with E-state index in [0.29, 0.717) is 16.8 Å². The van der Waals surface area contributed by atoms with Crippen LogP contribution in [0.5, 0.6) is 0 Å². The monoisotopic (exact) mass is 317 g/mol. The molecule has 0 aromatic heterocycles. The molecule has 0 heterocycles. The van der Waals surface area contributed by atoms with Crippen LogP contribution < -0.4 is 5.32 Å². The van der Waals surface area contributed by atoms with E-state index in [-0.39, 0.29) is 5.56 Å². The van der Waals surface area contributed by atoms with Crippen LogP contribution in [-0.4, -0.2) is 7.05 Å². The highest BCUT2D eigenvalue weighted by Gasteiger charge is 2.32. The van der Waals surface area contributed by atoms with Crippen molar-refractivity contribution >= 4 is 11.8 Å². The van der Waals surface area contributed by atoms with E-state index >= 15 is 0 Å². The molecule has 0 saturated heterocycles. The molecule has 2 aromatic carbocycles. The van der Waals surface area contributed by atoms with E-state index in [1.54, 1.807) is 19.2 Å². The molecule has 0 fully saturated rings. The molecule has 0 atom stereocenters. The van der Waals surface area contributed by atoms with Crippen molar-refractivity contribution in [1.29, 1.82) is 0 Å². The predicted octanol–water partition coefficient (Wildman–Crippen LogP) is 5.51. The summed E-state index contributed by atoms with van der Waals surface area (Å²) in [7, 11) is 1.75. The number of hydrogen-bond donors (Lipinski definition) is 1. The van der Waals surface area contributed by atoms with E-state index < -0.39 is 11.7 Å². The van der Waals surface area contributed by atoms with Gasteiger partial charge in [-0.1, -0.05) is 31.4 Å². The molecule has 1 nitrogen and oxygen atoms in total. The lowest BCUT2D eigenvalue weighted by Gasteiger charge is -2.14. The molecule has 0 aliphatic carbocycles.